The molecule has 1 aromatic rings. The zero-order chi connectivity index (χ0) is 15.3. The van der Waals surface area contributed by atoms with Gasteiger partial charge in [-0.05, 0) is 32.6 Å². The van der Waals surface area contributed by atoms with Gasteiger partial charge in [0.1, 0.15) is 0 Å². The number of hydrogen-bond acceptors (Lipinski definition) is 5. The van der Waals surface area contributed by atoms with Crippen molar-refractivity contribution in [2.45, 2.75) is 6.92 Å². The lowest BCUT2D eigenvalue weighted by Crippen LogP contribution is -2.35. The largest absolute Gasteiger partial charge is 0.308 e. The maximum atomic E-state index is 12.2. The van der Waals surface area contributed by atoms with Gasteiger partial charge >= 0.3 is 0 Å². The van der Waals surface area contributed by atoms with E-state index in [4.69, 9.17) is 0 Å². The van der Waals surface area contributed by atoms with Crippen molar-refractivity contribution in [2.24, 2.45) is 0 Å². The number of nitro groups is 1. The van der Waals surface area contributed by atoms with Crippen molar-refractivity contribution in [3.63, 3.8) is 0 Å². The minimum atomic E-state index is -0.523. The molecule has 0 heterocycles. The molecule has 0 aliphatic heterocycles. The van der Waals surface area contributed by atoms with E-state index in [9.17, 15) is 19.7 Å². The molecule has 1 rings (SSSR count). The molecule has 0 saturated carbocycles. The molecular weight excluding hydrogens is 262 g/mol. The molecule has 0 aliphatic carbocycles. The van der Waals surface area contributed by atoms with Crippen molar-refractivity contribution in [3.8, 4) is 0 Å². The number of likely N-dealkylation sites (N-methyl/N-ethyl adjacent to an activating group) is 1. The van der Waals surface area contributed by atoms with Crippen LogP contribution in [0.25, 0.3) is 0 Å². The summed E-state index contributed by atoms with van der Waals surface area (Å²) in [6.07, 6.45) is 0.479. The number of non-ortho nitro benzene ring substituents is 1. The number of nitro benzene ring substituents is 1. The lowest BCUT2D eigenvalue weighted by atomic mass is 10.1. The fourth-order valence-electron chi connectivity index (χ4n) is 1.67. The van der Waals surface area contributed by atoms with Gasteiger partial charge in [-0.15, -0.1) is 0 Å². The van der Waals surface area contributed by atoms with Gasteiger partial charge in [0.2, 0.25) is 6.41 Å². The van der Waals surface area contributed by atoms with Gasteiger partial charge in [0, 0.05) is 30.8 Å². The molecule has 7 heteroatoms. The first-order chi connectivity index (χ1) is 9.36. The minimum absolute atomic E-state index is 0.0787. The molecule has 1 aromatic carbocycles. The maximum absolute atomic E-state index is 12.2. The van der Waals surface area contributed by atoms with Crippen LogP contribution < -0.4 is 0 Å². The summed E-state index contributed by atoms with van der Waals surface area (Å²) in [6, 6.07) is 3.96. The van der Waals surface area contributed by atoms with E-state index in [0.29, 0.717) is 24.1 Å². The Morgan fingerprint density at radius 1 is 1.35 bits per heavy atom. The first-order valence-electron chi connectivity index (χ1n) is 6.03. The molecule has 0 unspecified atom stereocenters. The Bertz CT molecular complexity index is 528. The molecule has 7 nitrogen and oxygen atoms in total. The molecule has 0 bridgehead atoms. The Hall–Kier alpha value is -2.28. The van der Waals surface area contributed by atoms with Crippen LogP contribution in [0.15, 0.2) is 18.2 Å². The molecule has 0 saturated heterocycles. The van der Waals surface area contributed by atoms with Crippen molar-refractivity contribution in [2.75, 3.05) is 27.2 Å². The number of amides is 2. The molecule has 0 radical (unpaired) electrons. The second-order valence-electron chi connectivity index (χ2n) is 4.66. The highest BCUT2D eigenvalue weighted by Gasteiger charge is 2.19. The third kappa shape index (κ3) is 3.86. The number of aryl methyl sites for hydroxylation is 1. The van der Waals surface area contributed by atoms with Crippen molar-refractivity contribution in [1.29, 1.82) is 0 Å². The van der Waals surface area contributed by atoms with E-state index >= 15 is 0 Å². The third-order valence-electron chi connectivity index (χ3n) is 2.83. The normalized spacial score (nSPS) is 10.4. The van der Waals surface area contributed by atoms with E-state index in [1.165, 1.54) is 18.2 Å². The van der Waals surface area contributed by atoms with Gasteiger partial charge in [-0.1, -0.05) is 0 Å². The zero-order valence-corrected chi connectivity index (χ0v) is 11.7. The van der Waals surface area contributed by atoms with E-state index in [2.05, 4.69) is 0 Å². The molecule has 20 heavy (non-hydrogen) atoms. The SMILES string of the molecule is Cc1cc([N+](=O)[O-])ccc1C(=O)N(C=O)CCN(C)C. The number of rotatable bonds is 6. The highest BCUT2D eigenvalue weighted by molar-refractivity contribution is 6.01. The molecule has 0 aromatic heterocycles. The van der Waals surface area contributed by atoms with Crippen molar-refractivity contribution < 1.29 is 14.5 Å². The lowest BCUT2D eigenvalue weighted by molar-refractivity contribution is -0.384. The summed E-state index contributed by atoms with van der Waals surface area (Å²) in [6.45, 7) is 2.43. The first-order valence-corrected chi connectivity index (χ1v) is 6.03. The second-order valence-corrected chi connectivity index (χ2v) is 4.66. The summed E-state index contributed by atoms with van der Waals surface area (Å²) >= 11 is 0. The average molecular weight is 279 g/mol. The van der Waals surface area contributed by atoms with Crippen LogP contribution in [0.3, 0.4) is 0 Å². The highest BCUT2D eigenvalue weighted by Crippen LogP contribution is 2.18. The quantitative estimate of drug-likeness (QED) is 0.442. The van der Waals surface area contributed by atoms with Crippen LogP contribution in [0.1, 0.15) is 15.9 Å². The summed E-state index contributed by atoms with van der Waals surface area (Å²) < 4.78 is 0. The number of benzene rings is 1. The molecule has 0 fully saturated rings. The number of imide groups is 1. The first kappa shape index (κ1) is 15.8. The van der Waals surface area contributed by atoms with E-state index in [1.807, 2.05) is 19.0 Å². The highest BCUT2D eigenvalue weighted by atomic mass is 16.6. The van der Waals surface area contributed by atoms with Gasteiger partial charge in [-0.2, -0.15) is 0 Å². The predicted octanol–water partition coefficient (Wildman–Crippen LogP) is 1.06. The number of nitrogens with zero attached hydrogens (tertiary/aromatic N) is 3. The van der Waals surface area contributed by atoms with Gasteiger partial charge in [-0.3, -0.25) is 24.6 Å². The summed E-state index contributed by atoms with van der Waals surface area (Å²) in [5.41, 5.74) is 0.687. The van der Waals surface area contributed by atoms with Crippen LogP contribution in [0.5, 0.6) is 0 Å². The Kier molecular flexibility index (Phi) is 5.33. The summed E-state index contributed by atoms with van der Waals surface area (Å²) in [4.78, 5) is 36.2. The Labute approximate surface area is 116 Å². The number of carbonyl (C=O) groups excluding carboxylic acids is 2. The topological polar surface area (TPSA) is 83.8 Å². The monoisotopic (exact) mass is 279 g/mol. The number of carbonyl (C=O) groups is 2. The van der Waals surface area contributed by atoms with Crippen LogP contribution in [0.4, 0.5) is 5.69 Å². The molecule has 108 valence electrons. The average Bonchev–Trinajstić information content (AvgIpc) is 2.38. The van der Waals surface area contributed by atoms with Gasteiger partial charge in [0.25, 0.3) is 11.6 Å². The van der Waals surface area contributed by atoms with Crippen LogP contribution in [-0.2, 0) is 4.79 Å². The fraction of sp³-hybridized carbons (Fsp3) is 0.385. The van der Waals surface area contributed by atoms with E-state index in [-0.39, 0.29) is 12.2 Å². The Morgan fingerprint density at radius 3 is 2.45 bits per heavy atom. The molecule has 0 atom stereocenters. The number of hydrogen-bond donors (Lipinski definition) is 0. The Morgan fingerprint density at radius 2 is 2.00 bits per heavy atom. The van der Waals surface area contributed by atoms with Crippen LogP contribution in [0, 0.1) is 17.0 Å². The van der Waals surface area contributed by atoms with Gasteiger partial charge < -0.3 is 4.90 Å². The van der Waals surface area contributed by atoms with E-state index in [0.717, 1.165) is 4.90 Å². The Balaban J connectivity index is 2.95. The second kappa shape index (κ2) is 6.76. The van der Waals surface area contributed by atoms with Crippen LogP contribution in [0.2, 0.25) is 0 Å². The maximum Gasteiger partial charge on any atom is 0.269 e. The van der Waals surface area contributed by atoms with Crippen LogP contribution >= 0.6 is 0 Å². The predicted molar refractivity (Wildman–Crippen MR) is 73.5 cm³/mol. The summed E-state index contributed by atoms with van der Waals surface area (Å²) in [5.74, 6) is -0.450. The van der Waals surface area contributed by atoms with Gasteiger partial charge in [0.05, 0.1) is 4.92 Å². The lowest BCUT2D eigenvalue weighted by Gasteiger charge is -2.19. The van der Waals surface area contributed by atoms with Crippen LogP contribution in [-0.4, -0.2) is 54.2 Å². The van der Waals surface area contributed by atoms with Gasteiger partial charge in [0.15, 0.2) is 0 Å². The van der Waals surface area contributed by atoms with Crippen molar-refractivity contribution >= 4 is 18.0 Å². The van der Waals surface area contributed by atoms with Crippen molar-refractivity contribution in [1.82, 2.24) is 9.80 Å². The van der Waals surface area contributed by atoms with Gasteiger partial charge in [-0.25, -0.2) is 0 Å². The minimum Gasteiger partial charge on any atom is -0.308 e. The van der Waals surface area contributed by atoms with E-state index in [1.54, 1.807) is 6.92 Å². The molecule has 0 aliphatic rings. The molecular formula is C13H17N3O4. The fourth-order valence-corrected chi connectivity index (χ4v) is 1.67. The summed E-state index contributed by atoms with van der Waals surface area (Å²) in [7, 11) is 3.68. The molecule has 2 amide bonds. The van der Waals surface area contributed by atoms with E-state index < -0.39 is 10.8 Å². The molecule has 0 N–H and O–H groups in total. The standard InChI is InChI=1S/C13H17N3O4/c1-10-8-11(16(19)20)4-5-12(10)13(18)15(9-17)7-6-14(2)3/h4-5,8-9H,6-7H2,1-3H3. The third-order valence-corrected chi connectivity index (χ3v) is 2.83. The van der Waals surface area contributed by atoms with Crippen molar-refractivity contribution in [3.05, 3.63) is 39.4 Å². The smallest absolute Gasteiger partial charge is 0.269 e. The zero-order valence-electron chi connectivity index (χ0n) is 11.7. The summed E-state index contributed by atoms with van der Waals surface area (Å²) in [5, 5.41) is 10.7. The molecule has 0 spiro atoms.